The van der Waals surface area contributed by atoms with Crippen molar-refractivity contribution in [2.24, 2.45) is 5.73 Å². The van der Waals surface area contributed by atoms with E-state index in [-0.39, 0.29) is 5.56 Å². The molecule has 0 aliphatic rings. The molecule has 2 aromatic carbocycles. The van der Waals surface area contributed by atoms with Gasteiger partial charge < -0.3 is 20.6 Å². The third-order valence-corrected chi connectivity index (χ3v) is 4.89. The van der Waals surface area contributed by atoms with Crippen LogP contribution >= 0.6 is 11.6 Å². The number of nitrogens with one attached hydrogen (secondary N) is 1. The normalized spacial score (nSPS) is 11.1. The van der Waals surface area contributed by atoms with E-state index in [4.69, 9.17) is 22.1 Å². The Bertz CT molecular complexity index is 965. The van der Waals surface area contributed by atoms with Gasteiger partial charge in [-0.3, -0.25) is 0 Å². The molecule has 0 spiro atoms. The molecular formula is C21H23ClN2O3. The monoisotopic (exact) mass is 386 g/mol. The number of hydrogen-bond donors (Lipinski definition) is 3. The van der Waals surface area contributed by atoms with Crippen molar-refractivity contribution >= 4 is 28.5 Å². The second kappa shape index (κ2) is 8.46. The molecule has 0 radical (unpaired) electrons. The molecule has 3 rings (SSSR count). The Kier molecular flexibility index (Phi) is 6.04. The molecule has 27 heavy (non-hydrogen) atoms. The summed E-state index contributed by atoms with van der Waals surface area (Å²) in [6.07, 6.45) is 2.43. The van der Waals surface area contributed by atoms with E-state index in [1.54, 1.807) is 12.1 Å². The highest BCUT2D eigenvalue weighted by Crippen LogP contribution is 2.40. The fourth-order valence-corrected chi connectivity index (χ4v) is 3.60. The number of carboxylic acid groups (broad SMARTS) is 1. The number of benzene rings is 2. The maximum atomic E-state index is 11.8. The summed E-state index contributed by atoms with van der Waals surface area (Å²) in [5.74, 6) is -0.222. The van der Waals surface area contributed by atoms with Gasteiger partial charge in [-0.15, -0.1) is 0 Å². The number of carboxylic acids is 1. The molecule has 142 valence electrons. The molecule has 0 fully saturated rings. The number of aromatic nitrogens is 1. The zero-order chi connectivity index (χ0) is 19.4. The van der Waals surface area contributed by atoms with Crippen molar-refractivity contribution in [3.63, 3.8) is 0 Å². The number of ether oxygens (including phenoxy) is 1. The maximum absolute atomic E-state index is 11.8. The number of nitrogens with two attached hydrogens (primary N) is 1. The van der Waals surface area contributed by atoms with Crippen molar-refractivity contribution < 1.29 is 14.6 Å². The van der Waals surface area contributed by atoms with Crippen molar-refractivity contribution in [2.45, 2.75) is 26.2 Å². The van der Waals surface area contributed by atoms with Crippen molar-refractivity contribution in [1.82, 2.24) is 4.98 Å². The van der Waals surface area contributed by atoms with E-state index in [1.165, 1.54) is 0 Å². The SMILES string of the molecule is CCOc1ccccc1-c1[nH]c2c(Cl)ccc(C(=O)O)c2c1CCCCN. The Labute approximate surface area is 163 Å². The van der Waals surface area contributed by atoms with Crippen LogP contribution in [0.15, 0.2) is 36.4 Å². The van der Waals surface area contributed by atoms with Crippen LogP contribution in [0.2, 0.25) is 5.02 Å². The van der Waals surface area contributed by atoms with Crippen LogP contribution in [0, 0.1) is 0 Å². The summed E-state index contributed by atoms with van der Waals surface area (Å²) in [6, 6.07) is 10.9. The summed E-state index contributed by atoms with van der Waals surface area (Å²) in [5.41, 5.74) is 9.21. The minimum Gasteiger partial charge on any atom is -0.493 e. The number of aromatic carboxylic acids is 1. The fraction of sp³-hybridized carbons (Fsp3) is 0.286. The van der Waals surface area contributed by atoms with Crippen molar-refractivity contribution in [2.75, 3.05) is 13.2 Å². The summed E-state index contributed by atoms with van der Waals surface area (Å²) in [4.78, 5) is 15.2. The summed E-state index contributed by atoms with van der Waals surface area (Å²) < 4.78 is 5.79. The quantitative estimate of drug-likeness (QED) is 0.482. The number of unbranched alkanes of at least 4 members (excludes halogenated alkanes) is 1. The van der Waals surface area contributed by atoms with Crippen LogP contribution in [-0.2, 0) is 6.42 Å². The molecule has 0 saturated carbocycles. The number of aromatic amines is 1. The third kappa shape index (κ3) is 3.80. The van der Waals surface area contributed by atoms with Gasteiger partial charge in [0, 0.05) is 10.9 Å². The molecule has 0 saturated heterocycles. The van der Waals surface area contributed by atoms with Gasteiger partial charge in [-0.25, -0.2) is 4.79 Å². The Morgan fingerprint density at radius 2 is 2.00 bits per heavy atom. The highest BCUT2D eigenvalue weighted by molar-refractivity contribution is 6.36. The summed E-state index contributed by atoms with van der Waals surface area (Å²) in [5, 5.41) is 10.8. The lowest BCUT2D eigenvalue weighted by molar-refractivity contribution is 0.0699. The van der Waals surface area contributed by atoms with E-state index in [1.807, 2.05) is 31.2 Å². The predicted molar refractivity (Wildman–Crippen MR) is 109 cm³/mol. The largest absolute Gasteiger partial charge is 0.493 e. The molecule has 1 heterocycles. The van der Waals surface area contributed by atoms with Crippen LogP contribution in [-0.4, -0.2) is 29.2 Å². The van der Waals surface area contributed by atoms with Crippen LogP contribution in [0.1, 0.15) is 35.7 Å². The van der Waals surface area contributed by atoms with E-state index in [0.717, 1.165) is 35.4 Å². The van der Waals surface area contributed by atoms with Crippen LogP contribution < -0.4 is 10.5 Å². The molecule has 0 atom stereocenters. The van der Waals surface area contributed by atoms with E-state index in [0.29, 0.717) is 35.5 Å². The Morgan fingerprint density at radius 3 is 2.70 bits per heavy atom. The molecule has 6 heteroatoms. The number of H-pyrrole nitrogens is 1. The van der Waals surface area contributed by atoms with E-state index >= 15 is 0 Å². The number of rotatable bonds is 8. The summed E-state index contributed by atoms with van der Waals surface area (Å²) in [7, 11) is 0. The first-order valence-electron chi connectivity index (χ1n) is 9.07. The molecule has 3 aromatic rings. The van der Waals surface area contributed by atoms with Crippen LogP contribution in [0.3, 0.4) is 0 Å². The number of carbonyl (C=O) groups is 1. The Balaban J connectivity index is 2.29. The number of para-hydroxylation sites is 1. The number of fused-ring (bicyclic) bond motifs is 1. The molecule has 0 aliphatic carbocycles. The smallest absolute Gasteiger partial charge is 0.336 e. The molecule has 0 bridgehead atoms. The second-order valence-electron chi connectivity index (χ2n) is 6.30. The maximum Gasteiger partial charge on any atom is 0.336 e. The first-order chi connectivity index (χ1) is 13.1. The minimum atomic E-state index is -0.972. The van der Waals surface area contributed by atoms with E-state index < -0.39 is 5.97 Å². The van der Waals surface area contributed by atoms with Crippen LogP contribution in [0.25, 0.3) is 22.2 Å². The molecule has 5 nitrogen and oxygen atoms in total. The summed E-state index contributed by atoms with van der Waals surface area (Å²) >= 11 is 6.39. The molecule has 0 amide bonds. The topological polar surface area (TPSA) is 88.3 Å². The first kappa shape index (κ1) is 19.3. The average molecular weight is 387 g/mol. The highest BCUT2D eigenvalue weighted by Gasteiger charge is 2.22. The number of halogens is 1. The van der Waals surface area contributed by atoms with Crippen molar-refractivity contribution in [3.8, 4) is 17.0 Å². The highest BCUT2D eigenvalue weighted by atomic mass is 35.5. The third-order valence-electron chi connectivity index (χ3n) is 4.58. The zero-order valence-electron chi connectivity index (χ0n) is 15.2. The predicted octanol–water partition coefficient (Wildman–Crippen LogP) is 4.87. The van der Waals surface area contributed by atoms with Gasteiger partial charge in [-0.05, 0) is 62.6 Å². The van der Waals surface area contributed by atoms with Crippen molar-refractivity contribution in [1.29, 1.82) is 0 Å². The lowest BCUT2D eigenvalue weighted by atomic mass is 9.97. The van der Waals surface area contributed by atoms with Gasteiger partial charge in [0.25, 0.3) is 0 Å². The molecule has 1 aromatic heterocycles. The van der Waals surface area contributed by atoms with Gasteiger partial charge in [0.05, 0.1) is 28.4 Å². The van der Waals surface area contributed by atoms with E-state index in [9.17, 15) is 9.90 Å². The number of aryl methyl sites for hydroxylation is 1. The molecule has 0 unspecified atom stereocenters. The Morgan fingerprint density at radius 1 is 1.22 bits per heavy atom. The number of hydrogen-bond acceptors (Lipinski definition) is 3. The lowest BCUT2D eigenvalue weighted by Crippen LogP contribution is -2.02. The summed E-state index contributed by atoms with van der Waals surface area (Å²) in [6.45, 7) is 3.07. The zero-order valence-corrected chi connectivity index (χ0v) is 16.0. The fourth-order valence-electron chi connectivity index (χ4n) is 3.40. The van der Waals surface area contributed by atoms with Crippen LogP contribution in [0.5, 0.6) is 5.75 Å². The van der Waals surface area contributed by atoms with Crippen molar-refractivity contribution in [3.05, 3.63) is 52.5 Å². The lowest BCUT2D eigenvalue weighted by Gasteiger charge is -2.11. The van der Waals surface area contributed by atoms with Gasteiger partial charge in [-0.1, -0.05) is 23.7 Å². The van der Waals surface area contributed by atoms with Gasteiger partial charge in [-0.2, -0.15) is 0 Å². The van der Waals surface area contributed by atoms with Gasteiger partial charge in [0.2, 0.25) is 0 Å². The average Bonchev–Trinajstić information content (AvgIpc) is 3.03. The second-order valence-corrected chi connectivity index (χ2v) is 6.71. The standard InChI is InChI=1S/C21H23ClN2O3/c1-2-27-17-9-4-3-7-13(17)19-14(8-5-6-12-23)18-15(21(25)26)10-11-16(22)20(18)24-19/h3-4,7,9-11,24H,2,5-6,8,12,23H2,1H3,(H,25,26). The first-order valence-corrected chi connectivity index (χ1v) is 9.44. The molecule has 0 aliphatic heterocycles. The molecular weight excluding hydrogens is 364 g/mol. The van der Waals surface area contributed by atoms with Gasteiger partial charge in [0.1, 0.15) is 5.75 Å². The minimum absolute atomic E-state index is 0.244. The Hall–Kier alpha value is -2.50. The van der Waals surface area contributed by atoms with Gasteiger partial charge in [0.15, 0.2) is 0 Å². The molecule has 4 N–H and O–H groups in total. The van der Waals surface area contributed by atoms with Gasteiger partial charge >= 0.3 is 5.97 Å². The van der Waals surface area contributed by atoms with Crippen LogP contribution in [0.4, 0.5) is 0 Å². The van der Waals surface area contributed by atoms with E-state index in [2.05, 4.69) is 4.98 Å².